The lowest BCUT2D eigenvalue weighted by molar-refractivity contribution is -0.870. The summed E-state index contributed by atoms with van der Waals surface area (Å²) in [4.78, 5) is 25.5. The van der Waals surface area contributed by atoms with Crippen molar-refractivity contribution in [3.8, 4) is 0 Å². The fourth-order valence-electron chi connectivity index (χ4n) is 8.35. The van der Waals surface area contributed by atoms with Crippen LogP contribution in [0.5, 0.6) is 0 Å². The van der Waals surface area contributed by atoms with Crippen LogP contribution in [0.4, 0.5) is 0 Å². The maximum atomic E-state index is 13.0. The summed E-state index contributed by atoms with van der Waals surface area (Å²) in [6.45, 7) is 4.49. The number of rotatable bonds is 56. The van der Waals surface area contributed by atoms with Crippen molar-refractivity contribution in [2.45, 2.75) is 251 Å². The highest BCUT2D eigenvalue weighted by molar-refractivity contribution is 7.45. The summed E-state index contributed by atoms with van der Waals surface area (Å²) in [6, 6.07) is -0.924. The van der Waals surface area contributed by atoms with E-state index in [1.165, 1.54) is 103 Å². The smallest absolute Gasteiger partial charge is 0.268 e. The summed E-state index contributed by atoms with van der Waals surface area (Å²) in [5.41, 5.74) is 0. The van der Waals surface area contributed by atoms with Gasteiger partial charge in [0.1, 0.15) is 13.2 Å². The zero-order valence-corrected chi connectivity index (χ0v) is 52.2. The number of phosphoric ester groups is 1. The first-order valence-electron chi connectivity index (χ1n) is 31.7. The summed E-state index contributed by atoms with van der Waals surface area (Å²) in [5.74, 6) is -0.223. The van der Waals surface area contributed by atoms with Crippen molar-refractivity contribution in [2.75, 3.05) is 40.9 Å². The number of nitrogens with zero attached hydrogens (tertiary/aromatic N) is 1. The SMILES string of the molecule is CC/C=C\C/C=C\C/C=C\C/C=C\C/C=C\C/C=C\C/C=C\C/C=C\C/C=C\CCCCCCCCCCCC(=O)NC(COP(=O)([O-])OCC[N+](C)(C)C)C(O)/C=C/CC/C=C/CC/C=C/CCCCCCCCCCCC. The number of phosphoric acid groups is 1. The third kappa shape index (κ3) is 61.8. The van der Waals surface area contributed by atoms with E-state index in [4.69, 9.17) is 9.05 Å². The average Bonchev–Trinajstić information content (AvgIpc) is 3.42. The number of amides is 1. The van der Waals surface area contributed by atoms with Gasteiger partial charge >= 0.3 is 0 Å². The molecule has 0 spiro atoms. The van der Waals surface area contributed by atoms with E-state index in [1.807, 2.05) is 27.2 Å². The number of quaternary nitrogens is 1. The maximum absolute atomic E-state index is 13.0. The van der Waals surface area contributed by atoms with Crippen LogP contribution in [0.15, 0.2) is 146 Å². The number of aliphatic hydroxyl groups is 1. The lowest BCUT2D eigenvalue weighted by Gasteiger charge is -2.29. The van der Waals surface area contributed by atoms with Gasteiger partial charge in [0.15, 0.2) is 0 Å². The molecule has 3 unspecified atom stereocenters. The minimum absolute atomic E-state index is 0.0175. The van der Waals surface area contributed by atoms with E-state index in [1.54, 1.807) is 6.08 Å². The normalized spacial score (nSPS) is 14.8. The van der Waals surface area contributed by atoms with Gasteiger partial charge in [0.2, 0.25) is 5.91 Å². The topological polar surface area (TPSA) is 108 Å². The lowest BCUT2D eigenvalue weighted by Crippen LogP contribution is -2.45. The van der Waals surface area contributed by atoms with Gasteiger partial charge in [0.05, 0.1) is 39.9 Å². The first-order valence-corrected chi connectivity index (χ1v) is 33.2. The van der Waals surface area contributed by atoms with E-state index in [2.05, 4.69) is 153 Å². The van der Waals surface area contributed by atoms with Gasteiger partial charge in [-0.05, 0) is 116 Å². The van der Waals surface area contributed by atoms with Crippen molar-refractivity contribution in [3.05, 3.63) is 146 Å². The predicted octanol–water partition coefficient (Wildman–Crippen LogP) is 19.4. The molecule has 0 radical (unpaired) electrons. The van der Waals surface area contributed by atoms with Gasteiger partial charge in [-0.2, -0.15) is 0 Å². The first kappa shape index (κ1) is 75.4. The Morgan fingerprint density at radius 3 is 1.18 bits per heavy atom. The van der Waals surface area contributed by atoms with E-state index in [9.17, 15) is 19.4 Å². The number of nitrogens with one attached hydrogen (secondary N) is 1. The van der Waals surface area contributed by atoms with Gasteiger partial charge < -0.3 is 28.8 Å². The van der Waals surface area contributed by atoms with Crippen LogP contribution in [0.25, 0.3) is 0 Å². The largest absolute Gasteiger partial charge is 0.756 e. The van der Waals surface area contributed by atoms with E-state index >= 15 is 0 Å². The molecule has 0 aromatic heterocycles. The Kier molecular flexibility index (Phi) is 56.3. The molecule has 450 valence electrons. The summed E-state index contributed by atoms with van der Waals surface area (Å²) < 4.78 is 23.4. The molecule has 1 amide bonds. The summed E-state index contributed by atoms with van der Waals surface area (Å²) in [7, 11) is 1.21. The van der Waals surface area contributed by atoms with Crippen molar-refractivity contribution >= 4 is 13.7 Å². The van der Waals surface area contributed by atoms with Crippen LogP contribution in [0.1, 0.15) is 239 Å². The summed E-state index contributed by atoms with van der Waals surface area (Å²) in [6.07, 6.45) is 90.8. The molecule has 0 aliphatic heterocycles. The highest BCUT2D eigenvalue weighted by atomic mass is 31.2. The van der Waals surface area contributed by atoms with Crippen LogP contribution in [-0.4, -0.2) is 68.5 Å². The van der Waals surface area contributed by atoms with Crippen LogP contribution in [0.2, 0.25) is 0 Å². The highest BCUT2D eigenvalue weighted by Crippen LogP contribution is 2.38. The van der Waals surface area contributed by atoms with Crippen molar-refractivity contribution in [3.63, 3.8) is 0 Å². The van der Waals surface area contributed by atoms with Gasteiger partial charge in [-0.15, -0.1) is 0 Å². The number of hydrogen-bond donors (Lipinski definition) is 2. The minimum Gasteiger partial charge on any atom is -0.756 e. The number of likely N-dealkylation sites (N-methyl/N-ethyl adjacent to an activating group) is 1. The van der Waals surface area contributed by atoms with Crippen molar-refractivity contribution < 1.29 is 32.9 Å². The zero-order valence-electron chi connectivity index (χ0n) is 51.3. The Hall–Kier alpha value is -3.62. The fraction of sp³-hybridized carbons (Fsp3) is 0.643. The minimum atomic E-state index is -4.62. The Bertz CT molecular complexity index is 1790. The fourth-order valence-corrected chi connectivity index (χ4v) is 9.08. The summed E-state index contributed by atoms with van der Waals surface area (Å²) in [5, 5.41) is 13.9. The highest BCUT2D eigenvalue weighted by Gasteiger charge is 2.23. The Morgan fingerprint density at radius 2 is 0.785 bits per heavy atom. The predicted molar refractivity (Wildman–Crippen MR) is 343 cm³/mol. The average molecular weight is 1120 g/mol. The van der Waals surface area contributed by atoms with Gasteiger partial charge in [-0.25, -0.2) is 0 Å². The number of carbonyl (C=O) groups excluding carboxylic acids is 1. The van der Waals surface area contributed by atoms with Gasteiger partial charge in [-0.1, -0.05) is 262 Å². The third-order valence-electron chi connectivity index (χ3n) is 13.3. The second-order valence-corrected chi connectivity index (χ2v) is 23.4. The molecule has 0 aliphatic carbocycles. The second kappa shape index (κ2) is 59.0. The van der Waals surface area contributed by atoms with Crippen LogP contribution in [0.3, 0.4) is 0 Å². The van der Waals surface area contributed by atoms with Crippen LogP contribution in [0, 0.1) is 0 Å². The second-order valence-electron chi connectivity index (χ2n) is 22.0. The molecule has 79 heavy (non-hydrogen) atoms. The van der Waals surface area contributed by atoms with Gasteiger partial charge in [0.25, 0.3) is 7.82 Å². The Morgan fingerprint density at radius 1 is 0.456 bits per heavy atom. The van der Waals surface area contributed by atoms with Crippen LogP contribution >= 0.6 is 7.82 Å². The van der Waals surface area contributed by atoms with Crippen LogP contribution < -0.4 is 10.2 Å². The van der Waals surface area contributed by atoms with Crippen molar-refractivity contribution in [2.24, 2.45) is 0 Å². The zero-order chi connectivity index (χ0) is 57.7. The molecule has 0 saturated carbocycles. The third-order valence-corrected chi connectivity index (χ3v) is 14.2. The van der Waals surface area contributed by atoms with E-state index in [0.29, 0.717) is 17.4 Å². The molecular weight excluding hydrogens is 996 g/mol. The molecule has 0 rings (SSSR count). The van der Waals surface area contributed by atoms with E-state index in [0.717, 1.165) is 116 Å². The monoisotopic (exact) mass is 1110 g/mol. The molecule has 9 heteroatoms. The van der Waals surface area contributed by atoms with Gasteiger partial charge in [-0.3, -0.25) is 9.36 Å². The number of aliphatic hydroxyl groups excluding tert-OH is 1. The van der Waals surface area contributed by atoms with E-state index in [-0.39, 0.29) is 12.5 Å². The molecule has 0 aliphatic rings. The number of hydrogen-bond acceptors (Lipinski definition) is 6. The summed E-state index contributed by atoms with van der Waals surface area (Å²) >= 11 is 0. The molecule has 0 aromatic rings. The molecule has 2 N–H and O–H groups in total. The molecule has 0 aromatic carbocycles. The number of unbranched alkanes of at least 4 members (excludes halogenated alkanes) is 21. The van der Waals surface area contributed by atoms with Gasteiger partial charge in [0, 0.05) is 6.42 Å². The molecule has 0 saturated heterocycles. The van der Waals surface area contributed by atoms with Crippen molar-refractivity contribution in [1.29, 1.82) is 0 Å². The van der Waals surface area contributed by atoms with Crippen LogP contribution in [-0.2, 0) is 18.4 Å². The first-order chi connectivity index (χ1) is 38.5. The Balaban J connectivity index is 4.23. The molecule has 0 heterocycles. The molecular formula is C70H119N2O6P. The van der Waals surface area contributed by atoms with E-state index < -0.39 is 26.6 Å². The molecule has 3 atom stereocenters. The maximum Gasteiger partial charge on any atom is 0.268 e. The molecule has 0 fully saturated rings. The standard InChI is InChI=1S/C70H119N2O6P/c1-6-8-10-12-14-16-18-20-22-24-26-28-29-30-31-32-33-34-35-36-37-38-39-40-41-42-43-44-46-48-50-52-54-56-58-60-62-64-70(74)71-68(67-78-79(75,76)77-66-65-72(3,4)5)69(73)63-61-59-57-55-53-51-49-47-45-27-25-23-21-19-17-15-13-11-9-7-2/h8,10,14,16,20,22,26,28,30-31,33-34,36-37,39-40,42-43,45,47,53,55,61,63,68-69,73H,6-7,9,11-13,15,17-19,21,23-25,27,29,32,35,38,41,44,46,48-52,54,56-60,62,64-67H2,1-5H3,(H-,71,74,75,76)/b10-8-,16-14-,22-20-,28-26-,31-30-,34-33-,37-36-,40-39-,43-42-,47-45+,55-53+,63-61+. The number of allylic oxidation sites excluding steroid dienone is 23. The molecule has 8 nitrogen and oxygen atoms in total. The van der Waals surface area contributed by atoms with Crippen molar-refractivity contribution in [1.82, 2.24) is 5.32 Å². The Labute approximate surface area is 487 Å². The lowest BCUT2D eigenvalue weighted by atomic mass is 10.1. The molecule has 0 bridgehead atoms. The quantitative estimate of drug-likeness (QED) is 0.0272. The number of carbonyl (C=O) groups is 1.